The molecule has 0 aromatic heterocycles. The summed E-state index contributed by atoms with van der Waals surface area (Å²) in [6.45, 7) is 6.52. The molecule has 2 rings (SSSR count). The molecule has 8 heteroatoms. The molecule has 0 spiro atoms. The predicted molar refractivity (Wildman–Crippen MR) is 99.4 cm³/mol. The van der Waals surface area contributed by atoms with Crippen LogP contribution in [0, 0.1) is 12.8 Å². The van der Waals surface area contributed by atoms with E-state index in [9.17, 15) is 19.2 Å². The Bertz CT molecular complexity index is 775. The quantitative estimate of drug-likeness (QED) is 0.780. The number of carbonyl (C=O) groups excluding carboxylic acids is 3. The summed E-state index contributed by atoms with van der Waals surface area (Å²) in [5.74, 6) is -2.39. The monoisotopic (exact) mass is 375 g/mol. The van der Waals surface area contributed by atoms with E-state index in [0.29, 0.717) is 11.3 Å². The number of nitrogens with one attached hydrogen (secondary N) is 1. The number of amides is 3. The van der Waals surface area contributed by atoms with Crippen LogP contribution < -0.4 is 5.32 Å². The van der Waals surface area contributed by atoms with E-state index in [0.717, 1.165) is 5.56 Å². The molecule has 0 radical (unpaired) electrons. The second-order valence-electron chi connectivity index (χ2n) is 7.16. The van der Waals surface area contributed by atoms with Gasteiger partial charge >= 0.3 is 5.97 Å². The van der Waals surface area contributed by atoms with Gasteiger partial charge in [0, 0.05) is 6.54 Å². The summed E-state index contributed by atoms with van der Waals surface area (Å²) in [5.41, 5.74) is 1.51. The van der Waals surface area contributed by atoms with E-state index >= 15 is 0 Å². The number of nitrogens with zero attached hydrogens (tertiary/aromatic N) is 2. The number of benzene rings is 1. The lowest BCUT2D eigenvalue weighted by atomic mass is 10.1. The van der Waals surface area contributed by atoms with E-state index in [2.05, 4.69) is 5.32 Å². The Hall–Kier alpha value is -2.90. The highest BCUT2D eigenvalue weighted by atomic mass is 16.4. The lowest BCUT2D eigenvalue weighted by molar-refractivity contribution is -0.145. The number of aliphatic carboxylic acids is 1. The van der Waals surface area contributed by atoms with Crippen molar-refractivity contribution in [2.75, 3.05) is 25.0 Å². The smallest absolute Gasteiger partial charge is 0.323 e. The molecule has 0 saturated carbocycles. The fourth-order valence-electron chi connectivity index (χ4n) is 3.02. The Morgan fingerprint density at radius 1 is 1.30 bits per heavy atom. The summed E-state index contributed by atoms with van der Waals surface area (Å²) in [6.07, 6.45) is 0. The van der Waals surface area contributed by atoms with E-state index in [1.165, 1.54) is 9.80 Å². The second kappa shape index (κ2) is 8.20. The Morgan fingerprint density at radius 3 is 2.56 bits per heavy atom. The molecule has 0 saturated heterocycles. The summed E-state index contributed by atoms with van der Waals surface area (Å²) < 4.78 is 0. The maximum absolute atomic E-state index is 13.0. The predicted octanol–water partition coefficient (Wildman–Crippen LogP) is 1.35. The molecule has 1 heterocycles. The van der Waals surface area contributed by atoms with Gasteiger partial charge in [-0.2, -0.15) is 0 Å². The molecule has 1 aliphatic rings. The Balaban J connectivity index is 2.32. The number of carboxylic acid groups (broad SMARTS) is 1. The molecule has 2 N–H and O–H groups in total. The van der Waals surface area contributed by atoms with E-state index in [4.69, 9.17) is 5.11 Å². The lowest BCUT2D eigenvalue weighted by Crippen LogP contribution is -2.50. The number of anilines is 1. The van der Waals surface area contributed by atoms with Crippen LogP contribution >= 0.6 is 0 Å². The zero-order chi connectivity index (χ0) is 20.3. The second-order valence-corrected chi connectivity index (χ2v) is 7.16. The van der Waals surface area contributed by atoms with Gasteiger partial charge in [-0.1, -0.05) is 26.0 Å². The average Bonchev–Trinajstić information content (AvgIpc) is 2.66. The van der Waals surface area contributed by atoms with E-state index in [1.54, 1.807) is 32.0 Å². The average molecular weight is 375 g/mol. The van der Waals surface area contributed by atoms with Gasteiger partial charge in [-0.3, -0.25) is 19.2 Å². The van der Waals surface area contributed by atoms with Gasteiger partial charge in [0.05, 0.1) is 11.3 Å². The van der Waals surface area contributed by atoms with E-state index in [1.807, 2.05) is 13.8 Å². The minimum Gasteiger partial charge on any atom is -0.480 e. The SMILES string of the molecule is Cc1cccc2c1NC(=O)[C@H](C)N(CC(=O)N(CC(=O)O)CC(C)C)C2=O. The highest BCUT2D eigenvalue weighted by Gasteiger charge is 2.35. The molecule has 8 nitrogen and oxygen atoms in total. The highest BCUT2D eigenvalue weighted by Crippen LogP contribution is 2.26. The number of hydrogen-bond acceptors (Lipinski definition) is 4. The van der Waals surface area contributed by atoms with Gasteiger partial charge in [-0.15, -0.1) is 0 Å². The van der Waals surface area contributed by atoms with Gasteiger partial charge < -0.3 is 20.2 Å². The summed E-state index contributed by atoms with van der Waals surface area (Å²) in [7, 11) is 0. The molecule has 146 valence electrons. The van der Waals surface area contributed by atoms with Gasteiger partial charge in [-0.25, -0.2) is 0 Å². The van der Waals surface area contributed by atoms with Crippen molar-refractivity contribution in [1.82, 2.24) is 9.80 Å². The standard InChI is InChI=1S/C19H25N3O5/c1-11(2)8-21(10-16(24)25)15(23)9-22-13(4)18(26)20-17-12(3)6-5-7-14(17)19(22)27/h5-7,11,13H,8-10H2,1-4H3,(H,20,26)(H,24,25)/t13-/m0/s1. The van der Waals surface area contributed by atoms with Crippen molar-refractivity contribution in [3.63, 3.8) is 0 Å². The molecular formula is C19H25N3O5. The fourth-order valence-corrected chi connectivity index (χ4v) is 3.02. The molecule has 1 atom stereocenters. The molecule has 0 fully saturated rings. The minimum atomic E-state index is -1.13. The van der Waals surface area contributed by atoms with Gasteiger partial charge in [0.2, 0.25) is 11.8 Å². The number of fused-ring (bicyclic) bond motifs is 1. The number of hydrogen-bond donors (Lipinski definition) is 2. The molecule has 3 amide bonds. The number of carbonyl (C=O) groups is 4. The van der Waals surface area contributed by atoms with Crippen molar-refractivity contribution >= 4 is 29.4 Å². The number of rotatable bonds is 6. The first-order valence-electron chi connectivity index (χ1n) is 8.82. The normalized spacial score (nSPS) is 16.6. The third-order valence-corrected chi connectivity index (χ3v) is 4.43. The Kier molecular flexibility index (Phi) is 6.20. The Labute approximate surface area is 158 Å². The molecule has 1 aromatic carbocycles. The van der Waals surface area contributed by atoms with E-state index < -0.39 is 36.3 Å². The largest absolute Gasteiger partial charge is 0.480 e. The molecule has 0 aliphatic carbocycles. The number of para-hydroxylation sites is 1. The summed E-state index contributed by atoms with van der Waals surface area (Å²) in [4.78, 5) is 51.7. The van der Waals surface area contributed by atoms with Crippen LogP contribution in [-0.4, -0.2) is 64.3 Å². The van der Waals surface area contributed by atoms with Crippen LogP contribution in [0.4, 0.5) is 5.69 Å². The number of aryl methyl sites for hydroxylation is 1. The van der Waals surface area contributed by atoms with Crippen molar-refractivity contribution in [3.05, 3.63) is 29.3 Å². The zero-order valence-corrected chi connectivity index (χ0v) is 16.0. The van der Waals surface area contributed by atoms with Crippen LogP contribution in [0.5, 0.6) is 0 Å². The van der Waals surface area contributed by atoms with Crippen molar-refractivity contribution in [2.24, 2.45) is 5.92 Å². The van der Waals surface area contributed by atoms with Gasteiger partial charge in [0.1, 0.15) is 19.1 Å². The van der Waals surface area contributed by atoms with Crippen molar-refractivity contribution in [3.8, 4) is 0 Å². The van der Waals surface area contributed by atoms with Crippen LogP contribution in [-0.2, 0) is 14.4 Å². The first-order chi connectivity index (χ1) is 12.6. The summed E-state index contributed by atoms with van der Waals surface area (Å²) in [6, 6.07) is 4.24. The van der Waals surface area contributed by atoms with Crippen LogP contribution in [0.1, 0.15) is 36.7 Å². The van der Waals surface area contributed by atoms with Crippen molar-refractivity contribution in [1.29, 1.82) is 0 Å². The van der Waals surface area contributed by atoms with Gasteiger partial charge in [0.15, 0.2) is 0 Å². The Morgan fingerprint density at radius 2 is 1.96 bits per heavy atom. The van der Waals surface area contributed by atoms with Gasteiger partial charge in [0.25, 0.3) is 5.91 Å². The van der Waals surface area contributed by atoms with Crippen molar-refractivity contribution in [2.45, 2.75) is 33.7 Å². The minimum absolute atomic E-state index is 0.0669. The van der Waals surface area contributed by atoms with Crippen LogP contribution in [0.3, 0.4) is 0 Å². The lowest BCUT2D eigenvalue weighted by Gasteiger charge is -2.29. The third-order valence-electron chi connectivity index (χ3n) is 4.43. The maximum Gasteiger partial charge on any atom is 0.323 e. The molecular weight excluding hydrogens is 350 g/mol. The fraction of sp³-hybridized carbons (Fsp3) is 0.474. The molecule has 1 aromatic rings. The highest BCUT2D eigenvalue weighted by molar-refractivity contribution is 6.11. The molecule has 0 bridgehead atoms. The third kappa shape index (κ3) is 4.64. The molecule has 1 aliphatic heterocycles. The summed E-state index contributed by atoms with van der Waals surface area (Å²) >= 11 is 0. The van der Waals surface area contributed by atoms with Crippen molar-refractivity contribution < 1.29 is 24.3 Å². The van der Waals surface area contributed by atoms with Crippen LogP contribution in [0.15, 0.2) is 18.2 Å². The topological polar surface area (TPSA) is 107 Å². The first kappa shape index (κ1) is 20.4. The van der Waals surface area contributed by atoms with E-state index in [-0.39, 0.29) is 19.0 Å². The first-order valence-corrected chi connectivity index (χ1v) is 8.82. The number of carboxylic acids is 1. The molecule has 27 heavy (non-hydrogen) atoms. The summed E-state index contributed by atoms with van der Waals surface area (Å²) in [5, 5.41) is 11.8. The van der Waals surface area contributed by atoms with Crippen LogP contribution in [0.25, 0.3) is 0 Å². The maximum atomic E-state index is 13.0. The molecule has 0 unspecified atom stereocenters. The van der Waals surface area contributed by atoms with Gasteiger partial charge in [-0.05, 0) is 31.4 Å². The zero-order valence-electron chi connectivity index (χ0n) is 16.0. The van der Waals surface area contributed by atoms with Crippen LogP contribution in [0.2, 0.25) is 0 Å².